The Bertz CT molecular complexity index is 280. The summed E-state index contributed by atoms with van der Waals surface area (Å²) < 4.78 is 1.11. The van der Waals surface area contributed by atoms with Gasteiger partial charge >= 0.3 is 0 Å². The lowest BCUT2D eigenvalue weighted by atomic mass is 10.1. The third-order valence-corrected chi connectivity index (χ3v) is 3.79. The maximum absolute atomic E-state index is 5.97. The second-order valence-electron chi connectivity index (χ2n) is 3.42. The van der Waals surface area contributed by atoms with Crippen LogP contribution in [0.15, 0.2) is 9.98 Å². The zero-order valence-electron chi connectivity index (χ0n) is 6.72. The van der Waals surface area contributed by atoms with Crippen LogP contribution in [0.5, 0.6) is 0 Å². The fourth-order valence-electron chi connectivity index (χ4n) is 1.17. The van der Waals surface area contributed by atoms with Crippen LogP contribution in [0.3, 0.4) is 0 Å². The second-order valence-corrected chi connectivity index (χ2v) is 5.91. The van der Waals surface area contributed by atoms with Crippen LogP contribution in [-0.2, 0) is 6.42 Å². The SMILES string of the molecule is NC1(CCc2ncc(Br)s2)CC1. The molecule has 1 aliphatic rings. The molecule has 66 valence electrons. The number of rotatable bonds is 3. The Labute approximate surface area is 84.3 Å². The van der Waals surface area contributed by atoms with Crippen molar-refractivity contribution in [2.45, 2.75) is 31.2 Å². The first-order valence-electron chi connectivity index (χ1n) is 4.07. The Kier molecular flexibility index (Phi) is 2.23. The van der Waals surface area contributed by atoms with Crippen molar-refractivity contribution >= 4 is 27.3 Å². The summed E-state index contributed by atoms with van der Waals surface area (Å²) in [6.07, 6.45) is 6.37. The van der Waals surface area contributed by atoms with E-state index in [1.165, 1.54) is 17.8 Å². The van der Waals surface area contributed by atoms with E-state index < -0.39 is 0 Å². The van der Waals surface area contributed by atoms with Crippen molar-refractivity contribution in [2.75, 3.05) is 0 Å². The molecule has 2 rings (SSSR count). The number of thiazole rings is 1. The van der Waals surface area contributed by atoms with Crippen molar-refractivity contribution < 1.29 is 0 Å². The summed E-state index contributed by atoms with van der Waals surface area (Å²) >= 11 is 5.10. The molecule has 0 saturated heterocycles. The molecule has 0 amide bonds. The average molecular weight is 247 g/mol. The van der Waals surface area contributed by atoms with Crippen molar-refractivity contribution in [3.8, 4) is 0 Å². The van der Waals surface area contributed by atoms with Gasteiger partial charge in [0.15, 0.2) is 0 Å². The zero-order chi connectivity index (χ0) is 8.60. The first-order valence-corrected chi connectivity index (χ1v) is 5.68. The number of hydrogen-bond acceptors (Lipinski definition) is 3. The minimum Gasteiger partial charge on any atom is -0.325 e. The van der Waals surface area contributed by atoms with E-state index in [1.807, 2.05) is 6.20 Å². The van der Waals surface area contributed by atoms with Gasteiger partial charge in [-0.2, -0.15) is 0 Å². The fraction of sp³-hybridized carbons (Fsp3) is 0.625. The molecule has 0 aliphatic heterocycles. The summed E-state index contributed by atoms with van der Waals surface area (Å²) in [5.41, 5.74) is 6.13. The predicted molar refractivity (Wildman–Crippen MR) is 54.3 cm³/mol. The Hall–Kier alpha value is 0.0700. The number of aromatic nitrogens is 1. The Balaban J connectivity index is 1.87. The molecular formula is C8H11BrN2S. The van der Waals surface area contributed by atoms with E-state index in [1.54, 1.807) is 11.3 Å². The molecule has 1 aromatic heterocycles. The maximum atomic E-state index is 5.97. The molecule has 2 N–H and O–H groups in total. The number of nitrogens with two attached hydrogens (primary N) is 1. The molecule has 2 nitrogen and oxygen atoms in total. The van der Waals surface area contributed by atoms with E-state index in [-0.39, 0.29) is 5.54 Å². The van der Waals surface area contributed by atoms with E-state index in [0.717, 1.165) is 16.6 Å². The normalized spacial score (nSPS) is 19.5. The molecule has 1 aromatic rings. The Morgan fingerprint density at radius 1 is 1.67 bits per heavy atom. The van der Waals surface area contributed by atoms with Gasteiger partial charge < -0.3 is 5.73 Å². The Morgan fingerprint density at radius 2 is 2.42 bits per heavy atom. The average Bonchev–Trinajstić information content (AvgIpc) is 2.60. The summed E-state index contributed by atoms with van der Waals surface area (Å²) in [7, 11) is 0. The van der Waals surface area contributed by atoms with Gasteiger partial charge in [0.1, 0.15) is 0 Å². The van der Waals surface area contributed by atoms with E-state index in [2.05, 4.69) is 20.9 Å². The number of nitrogens with zero attached hydrogens (tertiary/aromatic N) is 1. The Morgan fingerprint density at radius 3 is 2.92 bits per heavy atom. The third kappa shape index (κ3) is 2.06. The zero-order valence-corrected chi connectivity index (χ0v) is 9.12. The molecule has 0 atom stereocenters. The first-order chi connectivity index (χ1) is 5.68. The maximum Gasteiger partial charge on any atom is 0.0937 e. The van der Waals surface area contributed by atoms with Crippen LogP contribution in [-0.4, -0.2) is 10.5 Å². The number of hydrogen-bond donors (Lipinski definition) is 1. The van der Waals surface area contributed by atoms with Crippen LogP contribution in [0, 0.1) is 0 Å². The summed E-state index contributed by atoms with van der Waals surface area (Å²) in [5, 5.41) is 1.19. The number of aryl methyl sites for hydroxylation is 1. The highest BCUT2D eigenvalue weighted by Gasteiger charge is 2.37. The first kappa shape index (κ1) is 8.66. The van der Waals surface area contributed by atoms with Gasteiger partial charge in [-0.05, 0) is 35.2 Å². The highest BCUT2D eigenvalue weighted by molar-refractivity contribution is 9.11. The molecule has 1 fully saturated rings. The van der Waals surface area contributed by atoms with E-state index in [4.69, 9.17) is 5.73 Å². The molecule has 0 unspecified atom stereocenters. The number of halogens is 1. The summed E-state index contributed by atoms with van der Waals surface area (Å²) in [5.74, 6) is 0. The molecule has 4 heteroatoms. The van der Waals surface area contributed by atoms with Crippen molar-refractivity contribution in [1.29, 1.82) is 0 Å². The van der Waals surface area contributed by atoms with Crippen LogP contribution in [0.1, 0.15) is 24.3 Å². The van der Waals surface area contributed by atoms with Gasteiger partial charge in [-0.3, -0.25) is 0 Å². The monoisotopic (exact) mass is 246 g/mol. The molecule has 0 spiro atoms. The molecule has 0 aromatic carbocycles. The topological polar surface area (TPSA) is 38.9 Å². The van der Waals surface area contributed by atoms with Gasteiger partial charge in [-0.25, -0.2) is 4.98 Å². The van der Waals surface area contributed by atoms with E-state index in [0.29, 0.717) is 0 Å². The minimum atomic E-state index is 0.165. The van der Waals surface area contributed by atoms with Crippen LogP contribution in [0.4, 0.5) is 0 Å². The lowest BCUT2D eigenvalue weighted by molar-refractivity contribution is 0.608. The molecule has 1 aliphatic carbocycles. The molecule has 0 radical (unpaired) electrons. The van der Waals surface area contributed by atoms with Gasteiger partial charge in [-0.15, -0.1) is 11.3 Å². The van der Waals surface area contributed by atoms with Gasteiger partial charge in [0.25, 0.3) is 0 Å². The standard InChI is InChI=1S/C8H11BrN2S/c9-6-5-11-7(12-6)1-2-8(10)3-4-8/h5H,1-4,10H2. The molecule has 1 saturated carbocycles. The van der Waals surface area contributed by atoms with Crippen molar-refractivity contribution in [3.63, 3.8) is 0 Å². The smallest absolute Gasteiger partial charge is 0.0937 e. The largest absolute Gasteiger partial charge is 0.325 e. The van der Waals surface area contributed by atoms with Crippen molar-refractivity contribution in [3.05, 3.63) is 15.0 Å². The molecule has 0 bridgehead atoms. The molecule has 12 heavy (non-hydrogen) atoms. The van der Waals surface area contributed by atoms with Gasteiger partial charge in [0.2, 0.25) is 0 Å². The second kappa shape index (κ2) is 3.09. The van der Waals surface area contributed by atoms with Gasteiger partial charge in [-0.1, -0.05) is 0 Å². The summed E-state index contributed by atoms with van der Waals surface area (Å²) in [4.78, 5) is 4.26. The van der Waals surface area contributed by atoms with Crippen LogP contribution in [0.25, 0.3) is 0 Å². The van der Waals surface area contributed by atoms with Crippen LogP contribution < -0.4 is 5.73 Å². The van der Waals surface area contributed by atoms with Gasteiger partial charge in [0, 0.05) is 12.0 Å². The van der Waals surface area contributed by atoms with E-state index in [9.17, 15) is 0 Å². The highest BCUT2D eigenvalue weighted by atomic mass is 79.9. The highest BCUT2D eigenvalue weighted by Crippen LogP contribution is 2.37. The molecule has 1 heterocycles. The predicted octanol–water partition coefficient (Wildman–Crippen LogP) is 2.33. The fourth-order valence-corrected chi connectivity index (χ4v) is 2.47. The van der Waals surface area contributed by atoms with Gasteiger partial charge in [0.05, 0.1) is 15.0 Å². The quantitative estimate of drug-likeness (QED) is 0.890. The van der Waals surface area contributed by atoms with Crippen LogP contribution >= 0.6 is 27.3 Å². The lowest BCUT2D eigenvalue weighted by Gasteiger charge is -2.04. The summed E-state index contributed by atoms with van der Waals surface area (Å²) in [6.45, 7) is 0. The summed E-state index contributed by atoms with van der Waals surface area (Å²) in [6, 6.07) is 0. The van der Waals surface area contributed by atoms with Crippen LogP contribution in [0.2, 0.25) is 0 Å². The molecular weight excluding hydrogens is 236 g/mol. The van der Waals surface area contributed by atoms with E-state index >= 15 is 0 Å². The van der Waals surface area contributed by atoms with Crippen molar-refractivity contribution in [2.24, 2.45) is 5.73 Å². The lowest BCUT2D eigenvalue weighted by Crippen LogP contribution is -2.21. The van der Waals surface area contributed by atoms with Crippen molar-refractivity contribution in [1.82, 2.24) is 4.98 Å². The third-order valence-electron chi connectivity index (χ3n) is 2.25. The minimum absolute atomic E-state index is 0.165.